The Labute approximate surface area is 107 Å². The zero-order valence-corrected chi connectivity index (χ0v) is 10.8. The highest BCUT2D eigenvalue weighted by molar-refractivity contribution is 5.10. The summed E-state index contributed by atoms with van der Waals surface area (Å²) in [5.74, 6) is 1.46. The Hall–Kier alpha value is -1.75. The van der Waals surface area contributed by atoms with Crippen molar-refractivity contribution in [3.8, 4) is 0 Å². The van der Waals surface area contributed by atoms with E-state index < -0.39 is 0 Å². The van der Waals surface area contributed by atoms with E-state index in [-0.39, 0.29) is 6.04 Å². The first kappa shape index (κ1) is 12.7. The van der Waals surface area contributed by atoms with E-state index in [0.29, 0.717) is 12.3 Å². The van der Waals surface area contributed by atoms with Crippen molar-refractivity contribution >= 4 is 0 Å². The van der Waals surface area contributed by atoms with Crippen molar-refractivity contribution < 1.29 is 0 Å². The second kappa shape index (κ2) is 5.73. The standard InChI is InChI=1S/C13H19N5/c1-10(2)8-18-13(16-9-17-18)7-11(14)12-5-3-4-6-15-12/h3-6,9-11H,7-8,14H2,1-2H3. The molecule has 0 aliphatic rings. The Morgan fingerprint density at radius 2 is 2.11 bits per heavy atom. The average Bonchev–Trinajstić information content (AvgIpc) is 2.77. The minimum absolute atomic E-state index is 0.138. The van der Waals surface area contributed by atoms with E-state index in [0.717, 1.165) is 18.1 Å². The molecule has 1 atom stereocenters. The Balaban J connectivity index is 2.08. The van der Waals surface area contributed by atoms with Crippen LogP contribution in [0.3, 0.4) is 0 Å². The molecule has 2 aromatic heterocycles. The Kier molecular flexibility index (Phi) is 4.04. The van der Waals surface area contributed by atoms with E-state index in [9.17, 15) is 0 Å². The van der Waals surface area contributed by atoms with Crippen molar-refractivity contribution in [1.82, 2.24) is 19.7 Å². The number of aromatic nitrogens is 4. The first-order valence-corrected chi connectivity index (χ1v) is 6.20. The number of hydrogen-bond donors (Lipinski definition) is 1. The van der Waals surface area contributed by atoms with Crippen molar-refractivity contribution in [2.45, 2.75) is 32.9 Å². The summed E-state index contributed by atoms with van der Waals surface area (Å²) in [7, 11) is 0. The lowest BCUT2D eigenvalue weighted by Gasteiger charge is -2.12. The summed E-state index contributed by atoms with van der Waals surface area (Å²) in [6, 6.07) is 5.63. The molecule has 18 heavy (non-hydrogen) atoms. The Bertz CT molecular complexity index is 477. The molecule has 0 bridgehead atoms. The van der Waals surface area contributed by atoms with Gasteiger partial charge < -0.3 is 5.73 Å². The van der Waals surface area contributed by atoms with Gasteiger partial charge in [0.1, 0.15) is 12.2 Å². The van der Waals surface area contributed by atoms with Gasteiger partial charge in [-0.05, 0) is 18.1 Å². The van der Waals surface area contributed by atoms with Crippen molar-refractivity contribution in [2.24, 2.45) is 11.7 Å². The van der Waals surface area contributed by atoms with E-state index >= 15 is 0 Å². The molecule has 1 unspecified atom stereocenters. The van der Waals surface area contributed by atoms with E-state index in [1.54, 1.807) is 12.5 Å². The normalized spacial score (nSPS) is 12.9. The molecule has 0 saturated heterocycles. The van der Waals surface area contributed by atoms with Crippen LogP contribution >= 0.6 is 0 Å². The molecule has 2 heterocycles. The minimum atomic E-state index is -0.138. The van der Waals surface area contributed by atoms with Gasteiger partial charge in [-0.25, -0.2) is 9.67 Å². The van der Waals surface area contributed by atoms with Gasteiger partial charge in [-0.2, -0.15) is 5.10 Å². The van der Waals surface area contributed by atoms with Gasteiger partial charge in [-0.1, -0.05) is 19.9 Å². The summed E-state index contributed by atoms with van der Waals surface area (Å²) in [6.07, 6.45) is 4.00. The van der Waals surface area contributed by atoms with Gasteiger partial charge in [0.2, 0.25) is 0 Å². The SMILES string of the molecule is CC(C)Cn1ncnc1CC(N)c1ccccn1. The van der Waals surface area contributed by atoms with Crippen LogP contribution in [0.5, 0.6) is 0 Å². The lowest BCUT2D eigenvalue weighted by atomic mass is 10.1. The molecule has 96 valence electrons. The second-order valence-corrected chi connectivity index (χ2v) is 4.82. The molecule has 0 aromatic carbocycles. The zero-order valence-electron chi connectivity index (χ0n) is 10.8. The van der Waals surface area contributed by atoms with Crippen molar-refractivity contribution in [1.29, 1.82) is 0 Å². The third-order valence-electron chi connectivity index (χ3n) is 2.70. The number of hydrogen-bond acceptors (Lipinski definition) is 4. The molecule has 2 rings (SSSR count). The molecule has 0 radical (unpaired) electrons. The molecule has 2 aromatic rings. The van der Waals surface area contributed by atoms with Gasteiger partial charge in [0.25, 0.3) is 0 Å². The van der Waals surface area contributed by atoms with Crippen LogP contribution < -0.4 is 5.73 Å². The van der Waals surface area contributed by atoms with Crippen LogP contribution in [0.1, 0.15) is 31.4 Å². The number of nitrogens with two attached hydrogens (primary N) is 1. The van der Waals surface area contributed by atoms with Crippen LogP contribution in [-0.2, 0) is 13.0 Å². The van der Waals surface area contributed by atoms with Gasteiger partial charge in [0.15, 0.2) is 0 Å². The van der Waals surface area contributed by atoms with Gasteiger partial charge in [-0.3, -0.25) is 4.98 Å². The predicted octanol–water partition coefficient (Wildman–Crippen LogP) is 1.57. The van der Waals surface area contributed by atoms with Gasteiger partial charge in [0.05, 0.1) is 11.7 Å². The maximum Gasteiger partial charge on any atom is 0.138 e. The van der Waals surface area contributed by atoms with E-state index in [1.807, 2.05) is 22.9 Å². The lowest BCUT2D eigenvalue weighted by Crippen LogP contribution is -2.19. The first-order valence-electron chi connectivity index (χ1n) is 6.20. The van der Waals surface area contributed by atoms with Crippen LogP contribution in [-0.4, -0.2) is 19.7 Å². The maximum atomic E-state index is 6.14. The smallest absolute Gasteiger partial charge is 0.138 e. The highest BCUT2D eigenvalue weighted by Crippen LogP contribution is 2.12. The molecule has 0 spiro atoms. The molecule has 5 heteroatoms. The molecule has 5 nitrogen and oxygen atoms in total. The Morgan fingerprint density at radius 3 is 2.78 bits per heavy atom. The average molecular weight is 245 g/mol. The van der Waals surface area contributed by atoms with Crippen molar-refractivity contribution in [2.75, 3.05) is 0 Å². The monoisotopic (exact) mass is 245 g/mol. The molecule has 0 fully saturated rings. The fourth-order valence-corrected chi connectivity index (χ4v) is 1.84. The fraction of sp³-hybridized carbons (Fsp3) is 0.462. The second-order valence-electron chi connectivity index (χ2n) is 4.82. The minimum Gasteiger partial charge on any atom is -0.322 e. The maximum absolute atomic E-state index is 6.14. The fourth-order valence-electron chi connectivity index (χ4n) is 1.84. The summed E-state index contributed by atoms with van der Waals surface area (Å²) in [6.45, 7) is 5.18. The van der Waals surface area contributed by atoms with Crippen LogP contribution in [0, 0.1) is 5.92 Å². The Morgan fingerprint density at radius 1 is 1.28 bits per heavy atom. The summed E-state index contributed by atoms with van der Waals surface area (Å²) < 4.78 is 1.92. The molecular formula is C13H19N5. The molecule has 0 aliphatic heterocycles. The highest BCUT2D eigenvalue weighted by Gasteiger charge is 2.13. The van der Waals surface area contributed by atoms with E-state index in [1.165, 1.54) is 0 Å². The first-order chi connectivity index (χ1) is 8.66. The van der Waals surface area contributed by atoms with Crippen LogP contribution in [0.15, 0.2) is 30.7 Å². The summed E-state index contributed by atoms with van der Waals surface area (Å²) in [4.78, 5) is 8.55. The van der Waals surface area contributed by atoms with Crippen LogP contribution in [0.25, 0.3) is 0 Å². The van der Waals surface area contributed by atoms with Crippen LogP contribution in [0.4, 0.5) is 0 Å². The lowest BCUT2D eigenvalue weighted by molar-refractivity contribution is 0.458. The molecule has 0 amide bonds. The van der Waals surface area contributed by atoms with Gasteiger partial charge in [0, 0.05) is 19.2 Å². The summed E-state index contributed by atoms with van der Waals surface area (Å²) in [5, 5.41) is 4.23. The third kappa shape index (κ3) is 3.13. The highest BCUT2D eigenvalue weighted by atomic mass is 15.3. The van der Waals surface area contributed by atoms with Gasteiger partial charge in [-0.15, -0.1) is 0 Å². The quantitative estimate of drug-likeness (QED) is 0.868. The molecular weight excluding hydrogens is 226 g/mol. The third-order valence-corrected chi connectivity index (χ3v) is 2.70. The van der Waals surface area contributed by atoms with E-state index in [4.69, 9.17) is 5.73 Å². The summed E-state index contributed by atoms with van der Waals surface area (Å²) >= 11 is 0. The van der Waals surface area contributed by atoms with Crippen LogP contribution in [0.2, 0.25) is 0 Å². The number of nitrogens with zero attached hydrogens (tertiary/aromatic N) is 4. The predicted molar refractivity (Wildman–Crippen MR) is 69.7 cm³/mol. The molecule has 0 saturated carbocycles. The molecule has 0 aliphatic carbocycles. The van der Waals surface area contributed by atoms with Gasteiger partial charge >= 0.3 is 0 Å². The topological polar surface area (TPSA) is 69.6 Å². The van der Waals surface area contributed by atoms with E-state index in [2.05, 4.69) is 28.9 Å². The summed E-state index contributed by atoms with van der Waals surface area (Å²) in [5.41, 5.74) is 7.03. The number of rotatable bonds is 5. The van der Waals surface area contributed by atoms with Crippen molar-refractivity contribution in [3.05, 3.63) is 42.2 Å². The molecule has 2 N–H and O–H groups in total. The zero-order chi connectivity index (χ0) is 13.0. The largest absolute Gasteiger partial charge is 0.322 e. The van der Waals surface area contributed by atoms with Crippen molar-refractivity contribution in [3.63, 3.8) is 0 Å². The number of pyridine rings is 1.